The lowest BCUT2D eigenvalue weighted by atomic mass is 10.0. The highest BCUT2D eigenvalue weighted by Crippen LogP contribution is 2.13. The van der Waals surface area contributed by atoms with Crippen molar-refractivity contribution in [1.29, 1.82) is 0 Å². The fraction of sp³-hybridized carbons (Fsp3) is 0.933. The van der Waals surface area contributed by atoms with E-state index in [4.69, 9.17) is 4.74 Å². The van der Waals surface area contributed by atoms with E-state index in [0.29, 0.717) is 18.9 Å². The molecule has 0 N–H and O–H groups in total. The summed E-state index contributed by atoms with van der Waals surface area (Å²) in [6.45, 7) is 6.85. The summed E-state index contributed by atoms with van der Waals surface area (Å²) in [5.41, 5.74) is 0. The van der Waals surface area contributed by atoms with Crippen molar-refractivity contribution in [3.8, 4) is 0 Å². The Kier molecular flexibility index (Phi) is 11.6. The number of ether oxygens (including phenoxy) is 1. The molecule has 2 nitrogen and oxygen atoms in total. The molecule has 0 aliphatic heterocycles. The van der Waals surface area contributed by atoms with E-state index in [1.807, 2.05) is 6.92 Å². The lowest BCUT2D eigenvalue weighted by Crippen LogP contribution is -2.10. The van der Waals surface area contributed by atoms with Crippen molar-refractivity contribution in [3.63, 3.8) is 0 Å². The molecule has 0 rings (SSSR count). The Hall–Kier alpha value is -0.530. The maximum atomic E-state index is 11.0. The van der Waals surface area contributed by atoms with Gasteiger partial charge in [0.15, 0.2) is 0 Å². The van der Waals surface area contributed by atoms with Gasteiger partial charge in [0.1, 0.15) is 0 Å². The van der Waals surface area contributed by atoms with E-state index in [1.54, 1.807) is 0 Å². The van der Waals surface area contributed by atoms with Gasteiger partial charge in [-0.05, 0) is 12.3 Å². The maximum absolute atomic E-state index is 11.0. The van der Waals surface area contributed by atoms with Crippen LogP contribution in [0.4, 0.5) is 0 Å². The molecule has 1 atom stereocenters. The summed E-state index contributed by atoms with van der Waals surface area (Å²) in [7, 11) is 0. The summed E-state index contributed by atoms with van der Waals surface area (Å²) >= 11 is 0. The van der Waals surface area contributed by atoms with Gasteiger partial charge in [-0.1, -0.05) is 65.7 Å². The lowest BCUT2D eigenvalue weighted by molar-refractivity contribution is -0.144. The third-order valence-corrected chi connectivity index (χ3v) is 3.12. The molecule has 0 aliphatic rings. The van der Waals surface area contributed by atoms with E-state index < -0.39 is 0 Å². The van der Waals surface area contributed by atoms with Crippen LogP contribution in [0.25, 0.3) is 0 Å². The number of hydrogen-bond donors (Lipinski definition) is 0. The van der Waals surface area contributed by atoms with Crippen molar-refractivity contribution >= 4 is 5.97 Å². The molecule has 0 fully saturated rings. The molecule has 0 aromatic heterocycles. The van der Waals surface area contributed by atoms with Crippen LogP contribution in [0, 0.1) is 5.92 Å². The van der Waals surface area contributed by atoms with Crippen molar-refractivity contribution in [1.82, 2.24) is 0 Å². The molecule has 0 aliphatic carbocycles. The van der Waals surface area contributed by atoms with E-state index >= 15 is 0 Å². The first-order chi connectivity index (χ1) is 8.20. The van der Waals surface area contributed by atoms with E-state index in [2.05, 4.69) is 13.8 Å². The van der Waals surface area contributed by atoms with Gasteiger partial charge < -0.3 is 4.74 Å². The molecule has 0 saturated heterocycles. The van der Waals surface area contributed by atoms with Gasteiger partial charge in [0.25, 0.3) is 0 Å². The van der Waals surface area contributed by atoms with Crippen LogP contribution >= 0.6 is 0 Å². The van der Waals surface area contributed by atoms with Gasteiger partial charge in [0.05, 0.1) is 6.61 Å². The fourth-order valence-electron chi connectivity index (χ4n) is 1.87. The molecule has 0 radical (unpaired) electrons. The maximum Gasteiger partial charge on any atom is 0.305 e. The zero-order chi connectivity index (χ0) is 12.9. The van der Waals surface area contributed by atoms with Gasteiger partial charge in [0.2, 0.25) is 0 Å². The number of unbranched alkanes of at least 4 members (excludes halogenated alkanes) is 6. The monoisotopic (exact) mass is 242 g/mol. The highest BCUT2D eigenvalue weighted by Gasteiger charge is 2.05. The zero-order valence-electron chi connectivity index (χ0n) is 12.0. The zero-order valence-corrected chi connectivity index (χ0v) is 12.0. The molecule has 0 heterocycles. The lowest BCUT2D eigenvalue weighted by Gasteiger charge is -2.11. The minimum absolute atomic E-state index is 0.0728. The Morgan fingerprint density at radius 2 is 1.59 bits per heavy atom. The molecule has 102 valence electrons. The molecule has 1 unspecified atom stereocenters. The van der Waals surface area contributed by atoms with Crippen molar-refractivity contribution < 1.29 is 9.53 Å². The summed E-state index contributed by atoms with van der Waals surface area (Å²) in [5.74, 6) is 0.442. The molecule has 0 aromatic rings. The van der Waals surface area contributed by atoms with Crippen LogP contribution in [0.2, 0.25) is 0 Å². The Morgan fingerprint density at radius 1 is 1.00 bits per heavy atom. The van der Waals surface area contributed by atoms with Gasteiger partial charge in [0, 0.05) is 6.42 Å². The van der Waals surface area contributed by atoms with E-state index in [1.165, 1.54) is 51.4 Å². The molecule has 0 bridgehead atoms. The largest absolute Gasteiger partial charge is 0.465 e. The molecule has 0 aromatic carbocycles. The quantitative estimate of drug-likeness (QED) is 0.387. The minimum atomic E-state index is -0.0728. The summed E-state index contributed by atoms with van der Waals surface area (Å²) in [4.78, 5) is 11.0. The summed E-state index contributed by atoms with van der Waals surface area (Å²) in [5, 5.41) is 0. The van der Waals surface area contributed by atoms with Crippen molar-refractivity contribution in [2.75, 3.05) is 6.61 Å². The fourth-order valence-corrected chi connectivity index (χ4v) is 1.87. The van der Waals surface area contributed by atoms with Crippen LogP contribution in [-0.2, 0) is 9.53 Å². The predicted octanol–water partition coefficient (Wildman–Crippen LogP) is 4.72. The van der Waals surface area contributed by atoms with Gasteiger partial charge in [-0.3, -0.25) is 4.79 Å². The first kappa shape index (κ1) is 16.5. The smallest absolute Gasteiger partial charge is 0.305 e. The van der Waals surface area contributed by atoms with Crippen LogP contribution in [0.1, 0.15) is 78.6 Å². The molecule has 17 heavy (non-hydrogen) atoms. The van der Waals surface area contributed by atoms with E-state index in [9.17, 15) is 4.79 Å². The van der Waals surface area contributed by atoms with Crippen molar-refractivity contribution in [2.24, 2.45) is 5.92 Å². The molecule has 0 spiro atoms. The van der Waals surface area contributed by atoms with Gasteiger partial charge in [-0.2, -0.15) is 0 Å². The van der Waals surface area contributed by atoms with Crippen LogP contribution in [0.5, 0.6) is 0 Å². The topological polar surface area (TPSA) is 26.3 Å². The third kappa shape index (κ3) is 11.7. The summed E-state index contributed by atoms with van der Waals surface area (Å²) < 4.78 is 5.12. The number of esters is 1. The van der Waals surface area contributed by atoms with E-state index in [-0.39, 0.29) is 5.97 Å². The van der Waals surface area contributed by atoms with Crippen LogP contribution in [-0.4, -0.2) is 12.6 Å². The second kappa shape index (κ2) is 11.9. The highest BCUT2D eigenvalue weighted by molar-refractivity contribution is 5.68. The number of hydrogen-bond acceptors (Lipinski definition) is 2. The summed E-state index contributed by atoms with van der Waals surface area (Å²) in [6, 6.07) is 0. The SMILES string of the molecule is CCCCCCCCCC(C)COC(=O)CC. The molecule has 0 saturated carbocycles. The minimum Gasteiger partial charge on any atom is -0.465 e. The Balaban J connectivity index is 3.21. The second-order valence-corrected chi connectivity index (χ2v) is 5.05. The second-order valence-electron chi connectivity index (χ2n) is 5.05. The first-order valence-corrected chi connectivity index (χ1v) is 7.36. The Bertz CT molecular complexity index is 178. The first-order valence-electron chi connectivity index (χ1n) is 7.36. The van der Waals surface area contributed by atoms with Gasteiger partial charge in [-0.15, -0.1) is 0 Å². The average Bonchev–Trinajstić information content (AvgIpc) is 2.34. The Labute approximate surface area is 107 Å². The van der Waals surface area contributed by atoms with Gasteiger partial charge in [-0.25, -0.2) is 0 Å². The van der Waals surface area contributed by atoms with Gasteiger partial charge >= 0.3 is 5.97 Å². The molecular weight excluding hydrogens is 212 g/mol. The van der Waals surface area contributed by atoms with Crippen molar-refractivity contribution in [2.45, 2.75) is 78.6 Å². The van der Waals surface area contributed by atoms with Crippen LogP contribution < -0.4 is 0 Å². The average molecular weight is 242 g/mol. The predicted molar refractivity (Wildman–Crippen MR) is 73.0 cm³/mol. The molecule has 2 heteroatoms. The number of rotatable bonds is 11. The number of carbonyl (C=O) groups is 1. The molecule has 0 amide bonds. The van der Waals surface area contributed by atoms with Crippen LogP contribution in [0.3, 0.4) is 0 Å². The van der Waals surface area contributed by atoms with Crippen molar-refractivity contribution in [3.05, 3.63) is 0 Å². The van der Waals surface area contributed by atoms with E-state index in [0.717, 1.165) is 0 Å². The third-order valence-electron chi connectivity index (χ3n) is 3.12. The number of carbonyl (C=O) groups excluding carboxylic acids is 1. The summed E-state index contributed by atoms with van der Waals surface area (Å²) in [6.07, 6.45) is 11.1. The highest BCUT2D eigenvalue weighted by atomic mass is 16.5. The normalized spacial score (nSPS) is 12.4. The standard InChI is InChI=1S/C15H30O2/c1-4-6-7-8-9-10-11-12-14(3)13-17-15(16)5-2/h14H,4-13H2,1-3H3. The Morgan fingerprint density at radius 3 is 2.18 bits per heavy atom. The van der Waals surface area contributed by atoms with Crippen LogP contribution in [0.15, 0.2) is 0 Å². The molecular formula is C15H30O2.